The van der Waals surface area contributed by atoms with Gasteiger partial charge in [0.1, 0.15) is 5.78 Å². The van der Waals surface area contributed by atoms with Gasteiger partial charge in [0.05, 0.1) is 12.2 Å². The molecule has 1 aromatic carbocycles. The molecule has 98 valence electrons. The summed E-state index contributed by atoms with van der Waals surface area (Å²) >= 11 is 0. The molecule has 0 aromatic heterocycles. The Bertz CT molecular complexity index is 423. The molecule has 2 nitrogen and oxygen atoms in total. The molecule has 2 rings (SSSR count). The highest BCUT2D eigenvalue weighted by Crippen LogP contribution is 2.43. The lowest BCUT2D eigenvalue weighted by Gasteiger charge is -2.14. The van der Waals surface area contributed by atoms with Crippen LogP contribution in [-0.2, 0) is 9.53 Å². The Morgan fingerprint density at radius 2 is 1.83 bits per heavy atom. The van der Waals surface area contributed by atoms with Crippen molar-refractivity contribution in [3.63, 3.8) is 0 Å². The van der Waals surface area contributed by atoms with Crippen LogP contribution < -0.4 is 0 Å². The number of carbonyl (C=O) groups is 1. The van der Waals surface area contributed by atoms with Crippen LogP contribution in [0, 0.1) is 5.92 Å². The quantitative estimate of drug-likeness (QED) is 0.777. The van der Waals surface area contributed by atoms with Gasteiger partial charge in [-0.2, -0.15) is 0 Å². The van der Waals surface area contributed by atoms with E-state index in [2.05, 4.69) is 32.0 Å². The van der Waals surface area contributed by atoms with Gasteiger partial charge in [-0.05, 0) is 36.8 Å². The number of rotatable bonds is 5. The lowest BCUT2D eigenvalue weighted by Crippen LogP contribution is -2.04. The summed E-state index contributed by atoms with van der Waals surface area (Å²) in [4.78, 5) is 11.3. The summed E-state index contributed by atoms with van der Waals surface area (Å²) in [5.41, 5.74) is 2.49. The molecule has 0 radical (unpaired) electrons. The zero-order valence-electron chi connectivity index (χ0n) is 11.5. The maximum atomic E-state index is 11.3. The van der Waals surface area contributed by atoms with Crippen LogP contribution in [0.1, 0.15) is 63.4 Å². The van der Waals surface area contributed by atoms with E-state index in [1.807, 2.05) is 6.07 Å². The maximum absolute atomic E-state index is 11.3. The van der Waals surface area contributed by atoms with Crippen molar-refractivity contribution in [2.24, 2.45) is 5.92 Å². The van der Waals surface area contributed by atoms with E-state index in [1.54, 1.807) is 6.92 Å². The van der Waals surface area contributed by atoms with Crippen molar-refractivity contribution in [1.29, 1.82) is 0 Å². The van der Waals surface area contributed by atoms with Crippen LogP contribution in [0.25, 0.3) is 0 Å². The molecule has 0 saturated carbocycles. The molecule has 2 atom stereocenters. The molecule has 1 aliphatic rings. The number of fused-ring (bicyclic) bond motifs is 1. The first-order valence-corrected chi connectivity index (χ1v) is 6.81. The molecule has 2 unspecified atom stereocenters. The molecule has 0 fully saturated rings. The third-order valence-electron chi connectivity index (χ3n) is 3.50. The van der Waals surface area contributed by atoms with E-state index < -0.39 is 0 Å². The summed E-state index contributed by atoms with van der Waals surface area (Å²) in [6.07, 6.45) is 2.84. The van der Waals surface area contributed by atoms with Crippen LogP contribution in [0.15, 0.2) is 24.3 Å². The largest absolute Gasteiger partial charge is 0.365 e. The first-order chi connectivity index (χ1) is 8.58. The summed E-state index contributed by atoms with van der Waals surface area (Å²) in [5.74, 6) is 0.881. The second-order valence-corrected chi connectivity index (χ2v) is 5.62. The normalized spacial score (nSPS) is 22.2. The molecule has 2 heteroatoms. The molecule has 0 N–H and O–H groups in total. The summed E-state index contributed by atoms with van der Waals surface area (Å²) in [5, 5.41) is 0. The first kappa shape index (κ1) is 13.3. The van der Waals surface area contributed by atoms with E-state index >= 15 is 0 Å². The van der Waals surface area contributed by atoms with Gasteiger partial charge in [-0.25, -0.2) is 0 Å². The van der Waals surface area contributed by atoms with Crippen molar-refractivity contribution in [2.75, 3.05) is 0 Å². The van der Waals surface area contributed by atoms with E-state index in [9.17, 15) is 4.79 Å². The third-order valence-corrected chi connectivity index (χ3v) is 3.50. The monoisotopic (exact) mass is 246 g/mol. The van der Waals surface area contributed by atoms with Crippen molar-refractivity contribution >= 4 is 5.78 Å². The van der Waals surface area contributed by atoms with Crippen molar-refractivity contribution in [3.05, 3.63) is 35.4 Å². The topological polar surface area (TPSA) is 26.3 Å². The highest BCUT2D eigenvalue weighted by Gasteiger charge is 2.31. The summed E-state index contributed by atoms with van der Waals surface area (Å²) < 4.78 is 6.07. The fourth-order valence-corrected chi connectivity index (χ4v) is 2.57. The Kier molecular flexibility index (Phi) is 4.18. The molecule has 1 aliphatic heterocycles. The van der Waals surface area contributed by atoms with Crippen LogP contribution >= 0.6 is 0 Å². The molecule has 0 spiro atoms. The second-order valence-electron chi connectivity index (χ2n) is 5.62. The first-order valence-electron chi connectivity index (χ1n) is 6.81. The molecule has 0 aliphatic carbocycles. The number of ketones is 1. The number of Topliss-reactive ketones (excluding diaryl/α,β-unsaturated/α-hetero) is 1. The molecular formula is C16H22O2. The van der Waals surface area contributed by atoms with Crippen molar-refractivity contribution in [2.45, 2.75) is 52.2 Å². The molecule has 0 amide bonds. The van der Waals surface area contributed by atoms with Crippen molar-refractivity contribution in [3.8, 4) is 0 Å². The zero-order valence-corrected chi connectivity index (χ0v) is 11.5. The minimum Gasteiger partial charge on any atom is -0.365 e. The van der Waals surface area contributed by atoms with Gasteiger partial charge in [-0.15, -0.1) is 0 Å². The second kappa shape index (κ2) is 5.66. The number of benzene rings is 1. The lowest BCUT2D eigenvalue weighted by atomic mass is 9.96. The highest BCUT2D eigenvalue weighted by molar-refractivity contribution is 5.76. The fourth-order valence-electron chi connectivity index (χ4n) is 2.57. The van der Waals surface area contributed by atoms with Crippen LogP contribution in [-0.4, -0.2) is 5.78 Å². The van der Waals surface area contributed by atoms with E-state index in [4.69, 9.17) is 4.74 Å². The van der Waals surface area contributed by atoms with Gasteiger partial charge >= 0.3 is 0 Å². The number of hydrogen-bond donors (Lipinski definition) is 0. The van der Waals surface area contributed by atoms with E-state index in [0.717, 1.165) is 12.8 Å². The smallest absolute Gasteiger partial charge is 0.132 e. The predicted molar refractivity (Wildman–Crippen MR) is 72.4 cm³/mol. The van der Waals surface area contributed by atoms with Gasteiger partial charge in [0, 0.05) is 6.42 Å². The Balaban J connectivity index is 2.14. The zero-order chi connectivity index (χ0) is 13.1. The Hall–Kier alpha value is -1.15. The standard InChI is InChI=1S/C16H22O2/c1-11(2)8-9-15-13-6-4-5-7-14(13)16(18-15)10-12(3)17/h4-7,11,15-16H,8-10H2,1-3H3. The highest BCUT2D eigenvalue weighted by atomic mass is 16.5. The Morgan fingerprint density at radius 3 is 2.39 bits per heavy atom. The van der Waals surface area contributed by atoms with Crippen LogP contribution in [0.2, 0.25) is 0 Å². The SMILES string of the molecule is CC(=O)CC1OC(CCC(C)C)c2ccccc21. The number of carbonyl (C=O) groups excluding carboxylic acids is 1. The van der Waals surface area contributed by atoms with Gasteiger partial charge in [0.2, 0.25) is 0 Å². The fraction of sp³-hybridized carbons (Fsp3) is 0.562. The molecule has 1 heterocycles. The lowest BCUT2D eigenvalue weighted by molar-refractivity contribution is -0.120. The summed E-state index contributed by atoms with van der Waals surface area (Å²) in [6, 6.07) is 8.32. The van der Waals surface area contributed by atoms with Gasteiger partial charge < -0.3 is 4.74 Å². The Labute approximate surface area is 109 Å². The van der Waals surface area contributed by atoms with Gasteiger partial charge in [0.15, 0.2) is 0 Å². The average molecular weight is 246 g/mol. The summed E-state index contributed by atoms with van der Waals surface area (Å²) in [6.45, 7) is 6.09. The van der Waals surface area contributed by atoms with Crippen molar-refractivity contribution < 1.29 is 9.53 Å². The summed E-state index contributed by atoms with van der Waals surface area (Å²) in [7, 11) is 0. The van der Waals surface area contributed by atoms with Crippen molar-refractivity contribution in [1.82, 2.24) is 0 Å². The Morgan fingerprint density at radius 1 is 1.22 bits per heavy atom. The third kappa shape index (κ3) is 2.99. The predicted octanol–water partition coefficient (Wildman–Crippen LogP) is 4.21. The van der Waals surface area contributed by atoms with Crippen LogP contribution in [0.3, 0.4) is 0 Å². The van der Waals surface area contributed by atoms with E-state index in [-0.39, 0.29) is 18.0 Å². The number of hydrogen-bond acceptors (Lipinski definition) is 2. The molecule has 0 saturated heterocycles. The molecule has 18 heavy (non-hydrogen) atoms. The minimum atomic E-state index is -0.0316. The maximum Gasteiger partial charge on any atom is 0.132 e. The van der Waals surface area contributed by atoms with Crippen LogP contribution in [0.4, 0.5) is 0 Å². The molecule has 1 aromatic rings. The average Bonchev–Trinajstić information content (AvgIpc) is 2.65. The van der Waals surface area contributed by atoms with Gasteiger partial charge in [-0.3, -0.25) is 4.79 Å². The van der Waals surface area contributed by atoms with E-state index in [1.165, 1.54) is 11.1 Å². The number of ether oxygens (including phenoxy) is 1. The van der Waals surface area contributed by atoms with Gasteiger partial charge in [0.25, 0.3) is 0 Å². The van der Waals surface area contributed by atoms with E-state index in [0.29, 0.717) is 12.3 Å². The molecule has 0 bridgehead atoms. The van der Waals surface area contributed by atoms with Gasteiger partial charge in [-0.1, -0.05) is 38.1 Å². The minimum absolute atomic E-state index is 0.0316. The molecular weight excluding hydrogens is 224 g/mol. The van der Waals surface area contributed by atoms with Crippen LogP contribution in [0.5, 0.6) is 0 Å².